The predicted molar refractivity (Wildman–Crippen MR) is 143 cm³/mol. The molecule has 0 saturated heterocycles. The molecule has 2 aliphatic rings. The Balaban J connectivity index is 1.59. The van der Waals surface area contributed by atoms with Crippen molar-refractivity contribution in [2.24, 2.45) is 5.92 Å². The first-order chi connectivity index (χ1) is 19.8. The number of ether oxygens (including phenoxy) is 2. The van der Waals surface area contributed by atoms with Gasteiger partial charge in [0.1, 0.15) is 6.04 Å². The second-order valence-corrected chi connectivity index (χ2v) is 10.2. The van der Waals surface area contributed by atoms with Gasteiger partial charge in [-0.1, -0.05) is 36.4 Å². The van der Waals surface area contributed by atoms with E-state index in [0.717, 1.165) is 47.7 Å². The molecule has 1 N–H and O–H groups in total. The van der Waals surface area contributed by atoms with Gasteiger partial charge >= 0.3 is 12.0 Å². The van der Waals surface area contributed by atoms with Gasteiger partial charge in [0.15, 0.2) is 11.6 Å². The normalized spacial score (nSPS) is 22.5. The summed E-state index contributed by atoms with van der Waals surface area (Å²) in [6.07, 6.45) is 3.81. The Morgan fingerprint density at radius 2 is 1.88 bits per heavy atom. The topological polar surface area (TPSA) is 112 Å². The Morgan fingerprint density at radius 1 is 1.17 bits per heavy atom. The van der Waals surface area contributed by atoms with Gasteiger partial charge in [0.05, 0.1) is 36.5 Å². The smallest absolute Gasteiger partial charge is 0.341 e. The quantitative estimate of drug-likeness (QED) is 0.334. The van der Waals surface area contributed by atoms with Crippen molar-refractivity contribution >= 4 is 18.4 Å². The number of hydrazine groups is 1. The van der Waals surface area contributed by atoms with E-state index in [-0.39, 0.29) is 35.9 Å². The first-order valence-corrected chi connectivity index (χ1v) is 13.3. The van der Waals surface area contributed by atoms with Gasteiger partial charge in [-0.2, -0.15) is 5.26 Å². The molecular weight excluding hydrogens is 534 g/mol. The summed E-state index contributed by atoms with van der Waals surface area (Å²) in [7, 11) is 2.52. The molecule has 3 amide bonds. The zero-order chi connectivity index (χ0) is 29.6. The second-order valence-electron chi connectivity index (χ2n) is 10.2. The van der Waals surface area contributed by atoms with Gasteiger partial charge in [-0.05, 0) is 61.3 Å². The van der Waals surface area contributed by atoms with Gasteiger partial charge in [-0.3, -0.25) is 9.80 Å². The van der Waals surface area contributed by atoms with Crippen molar-refractivity contribution in [1.29, 1.82) is 5.26 Å². The standard InChI is InChI=1S/C30H32F2N4O5/c1-40-17-25-26(28(38)41-2)27(21-8-9-23(31)24(32)16-21)36(29(39)34-25)35(19-37)15-12-20-10-13-30(18-33,14-11-20)22-6-4-3-5-7-22/h3-9,16,19-20,27H,10-15,17H2,1-2H3,(H,34,39). The summed E-state index contributed by atoms with van der Waals surface area (Å²) >= 11 is 0. The second kappa shape index (κ2) is 12.9. The molecule has 1 aliphatic heterocycles. The molecule has 4 rings (SSSR count). The third-order valence-corrected chi connectivity index (χ3v) is 7.93. The fourth-order valence-electron chi connectivity index (χ4n) is 5.72. The lowest BCUT2D eigenvalue weighted by Crippen LogP contribution is -2.57. The number of hydrogen-bond donors (Lipinski definition) is 1. The maximum atomic E-state index is 14.3. The fourth-order valence-corrected chi connectivity index (χ4v) is 5.72. The van der Waals surface area contributed by atoms with Crippen molar-refractivity contribution < 1.29 is 32.6 Å². The number of methoxy groups -OCH3 is 2. The van der Waals surface area contributed by atoms with Crippen molar-refractivity contribution in [1.82, 2.24) is 15.3 Å². The van der Waals surface area contributed by atoms with Crippen LogP contribution >= 0.6 is 0 Å². The lowest BCUT2D eigenvalue weighted by molar-refractivity contribution is -0.141. The minimum atomic E-state index is -1.29. The third kappa shape index (κ3) is 6.07. The number of halogens is 2. The van der Waals surface area contributed by atoms with Crippen LogP contribution in [0.4, 0.5) is 13.6 Å². The lowest BCUT2D eigenvalue weighted by Gasteiger charge is -2.43. The molecule has 11 heteroatoms. The monoisotopic (exact) mass is 566 g/mol. The van der Waals surface area contributed by atoms with Crippen molar-refractivity contribution in [3.63, 3.8) is 0 Å². The minimum absolute atomic E-state index is 0.0685. The van der Waals surface area contributed by atoms with Crippen LogP contribution in [0.2, 0.25) is 0 Å². The van der Waals surface area contributed by atoms with Crippen LogP contribution in [0, 0.1) is 28.9 Å². The number of urea groups is 1. The summed E-state index contributed by atoms with van der Waals surface area (Å²) in [5.41, 5.74) is 0.501. The number of rotatable bonds is 10. The number of carbonyl (C=O) groups is 3. The molecule has 0 radical (unpaired) electrons. The molecule has 0 aromatic heterocycles. The van der Waals surface area contributed by atoms with Crippen LogP contribution in [0.5, 0.6) is 0 Å². The summed E-state index contributed by atoms with van der Waals surface area (Å²) in [6.45, 7) is -0.0594. The first-order valence-electron chi connectivity index (χ1n) is 13.3. The van der Waals surface area contributed by atoms with Crippen LogP contribution in [0.15, 0.2) is 59.8 Å². The summed E-state index contributed by atoms with van der Waals surface area (Å²) in [6, 6.07) is 13.2. The summed E-state index contributed by atoms with van der Waals surface area (Å²) < 4.78 is 38.3. The zero-order valence-corrected chi connectivity index (χ0v) is 22.9. The highest BCUT2D eigenvalue weighted by atomic mass is 19.2. The first kappa shape index (κ1) is 29.7. The number of nitrogens with zero attached hydrogens (tertiary/aromatic N) is 3. The number of esters is 1. The highest BCUT2D eigenvalue weighted by Crippen LogP contribution is 2.42. The zero-order valence-electron chi connectivity index (χ0n) is 22.9. The van der Waals surface area contributed by atoms with E-state index in [2.05, 4.69) is 11.4 Å². The third-order valence-electron chi connectivity index (χ3n) is 7.93. The van der Waals surface area contributed by atoms with Crippen molar-refractivity contribution in [2.75, 3.05) is 27.4 Å². The number of nitriles is 1. The molecule has 216 valence electrons. The molecule has 1 fully saturated rings. The maximum absolute atomic E-state index is 14.3. The molecule has 1 aliphatic carbocycles. The molecule has 1 unspecified atom stereocenters. The van der Waals surface area contributed by atoms with Crippen molar-refractivity contribution in [3.8, 4) is 6.07 Å². The van der Waals surface area contributed by atoms with E-state index in [1.54, 1.807) is 0 Å². The maximum Gasteiger partial charge on any atom is 0.341 e. The Morgan fingerprint density at radius 3 is 2.46 bits per heavy atom. The number of carbonyl (C=O) groups excluding carboxylic acids is 3. The van der Waals surface area contributed by atoms with Crippen LogP contribution in [0.3, 0.4) is 0 Å². The Bertz CT molecular complexity index is 1350. The van der Waals surface area contributed by atoms with Crippen LogP contribution < -0.4 is 5.32 Å². The molecule has 0 bridgehead atoms. The van der Waals surface area contributed by atoms with E-state index >= 15 is 0 Å². The largest absolute Gasteiger partial charge is 0.466 e. The number of nitrogens with one attached hydrogen (secondary N) is 1. The van der Waals surface area contributed by atoms with Gasteiger partial charge in [0, 0.05) is 13.7 Å². The van der Waals surface area contributed by atoms with Gasteiger partial charge < -0.3 is 14.8 Å². The van der Waals surface area contributed by atoms with Gasteiger partial charge in [-0.25, -0.2) is 23.4 Å². The summed E-state index contributed by atoms with van der Waals surface area (Å²) in [5.74, 6) is -2.93. The van der Waals surface area contributed by atoms with Gasteiger partial charge in [0.25, 0.3) is 0 Å². The van der Waals surface area contributed by atoms with Crippen LogP contribution in [-0.4, -0.2) is 55.8 Å². The SMILES string of the molecule is COCC1=C(C(=O)OC)C(c2ccc(F)c(F)c2)N(N(C=O)CCC2CCC(C#N)(c3ccccc3)CC2)C(=O)N1. The van der Waals surface area contributed by atoms with E-state index < -0.39 is 35.1 Å². The molecule has 1 saturated carbocycles. The number of benzene rings is 2. The highest BCUT2D eigenvalue weighted by Gasteiger charge is 2.43. The summed E-state index contributed by atoms with van der Waals surface area (Å²) in [5, 5.41) is 14.7. The van der Waals surface area contributed by atoms with Crippen LogP contribution in [0.25, 0.3) is 0 Å². The average Bonchev–Trinajstić information content (AvgIpc) is 3.00. The van der Waals surface area contributed by atoms with E-state index in [1.807, 2.05) is 30.3 Å². The van der Waals surface area contributed by atoms with Crippen molar-refractivity contribution in [2.45, 2.75) is 43.6 Å². The molecule has 2 aromatic rings. The fraction of sp³-hybridized carbons (Fsp3) is 0.400. The van der Waals surface area contributed by atoms with E-state index in [9.17, 15) is 28.4 Å². The van der Waals surface area contributed by atoms with E-state index in [4.69, 9.17) is 9.47 Å². The number of hydrogen-bond acceptors (Lipinski definition) is 6. The molecule has 1 heterocycles. The van der Waals surface area contributed by atoms with Crippen LogP contribution in [0.1, 0.15) is 49.3 Å². The van der Waals surface area contributed by atoms with E-state index in [1.165, 1.54) is 13.2 Å². The summed E-state index contributed by atoms with van der Waals surface area (Å²) in [4.78, 5) is 38.7. The lowest BCUT2D eigenvalue weighted by atomic mass is 9.67. The Labute approximate surface area is 237 Å². The Hall–Kier alpha value is -4.30. The highest BCUT2D eigenvalue weighted by molar-refractivity contribution is 5.95. The van der Waals surface area contributed by atoms with Gasteiger partial charge in [0.2, 0.25) is 6.41 Å². The Kier molecular flexibility index (Phi) is 9.35. The number of amides is 3. The van der Waals surface area contributed by atoms with Crippen LogP contribution in [-0.2, 0) is 24.5 Å². The van der Waals surface area contributed by atoms with Crippen molar-refractivity contribution in [3.05, 3.63) is 82.6 Å². The predicted octanol–water partition coefficient (Wildman–Crippen LogP) is 4.52. The molecule has 0 spiro atoms. The molecular formula is C30H32F2N4O5. The molecule has 2 aromatic carbocycles. The van der Waals surface area contributed by atoms with E-state index in [0.29, 0.717) is 25.7 Å². The average molecular weight is 567 g/mol. The van der Waals surface area contributed by atoms with Gasteiger partial charge in [-0.15, -0.1) is 0 Å². The molecule has 41 heavy (non-hydrogen) atoms. The minimum Gasteiger partial charge on any atom is -0.466 e. The molecule has 1 atom stereocenters. The molecule has 9 nitrogen and oxygen atoms in total.